The number of nitrogens with zero attached hydrogens (tertiary/aromatic N) is 2. The molecule has 0 atom stereocenters. The molecule has 0 radical (unpaired) electrons. The van der Waals surface area contributed by atoms with Gasteiger partial charge < -0.3 is 5.11 Å². The van der Waals surface area contributed by atoms with Crippen LogP contribution in [0.1, 0.15) is 27.6 Å². The van der Waals surface area contributed by atoms with Gasteiger partial charge in [0.25, 0.3) is 0 Å². The minimum absolute atomic E-state index is 0.0746. The summed E-state index contributed by atoms with van der Waals surface area (Å²) < 4.78 is 1.05. The molecular formula is C12H9ClN2O3. The van der Waals surface area contributed by atoms with Gasteiger partial charge >= 0.3 is 0 Å². The molecule has 1 N–H and O–H groups in total. The quantitative estimate of drug-likeness (QED) is 0.844. The van der Waals surface area contributed by atoms with Crippen LogP contribution in [0.5, 0.6) is 5.75 Å². The van der Waals surface area contributed by atoms with Crippen molar-refractivity contribution in [3.63, 3.8) is 0 Å². The van der Waals surface area contributed by atoms with E-state index in [0.29, 0.717) is 5.02 Å². The zero-order valence-corrected chi connectivity index (χ0v) is 10.2. The third-order valence-electron chi connectivity index (χ3n) is 2.37. The molecule has 0 saturated carbocycles. The number of phenolic OH excluding ortho intramolecular Hbond substituents is 1. The van der Waals surface area contributed by atoms with Crippen LogP contribution in [0.2, 0.25) is 5.02 Å². The number of carbonyl (C=O) groups is 2. The van der Waals surface area contributed by atoms with Crippen LogP contribution < -0.4 is 0 Å². The molecule has 0 amide bonds. The molecule has 6 heteroatoms. The lowest BCUT2D eigenvalue weighted by molar-refractivity contribution is 0.0921. The molecule has 2 rings (SSSR count). The van der Waals surface area contributed by atoms with Crippen molar-refractivity contribution in [2.75, 3.05) is 0 Å². The minimum Gasteiger partial charge on any atom is -0.507 e. The van der Waals surface area contributed by atoms with Crippen molar-refractivity contribution in [1.82, 2.24) is 9.78 Å². The number of benzene rings is 1. The van der Waals surface area contributed by atoms with E-state index in [0.717, 1.165) is 4.68 Å². The van der Waals surface area contributed by atoms with Crippen molar-refractivity contribution in [2.24, 2.45) is 0 Å². The van der Waals surface area contributed by atoms with Crippen molar-refractivity contribution < 1.29 is 14.7 Å². The molecule has 0 fully saturated rings. The number of aromatic nitrogens is 2. The fourth-order valence-electron chi connectivity index (χ4n) is 1.46. The molecule has 0 bridgehead atoms. The molecule has 0 aliphatic carbocycles. The molecule has 0 spiro atoms. The lowest BCUT2D eigenvalue weighted by Gasteiger charge is -2.02. The summed E-state index contributed by atoms with van der Waals surface area (Å²) in [7, 11) is 0. The van der Waals surface area contributed by atoms with Gasteiger partial charge in [0, 0.05) is 18.1 Å². The smallest absolute Gasteiger partial charge is 0.243 e. The molecule has 1 aromatic carbocycles. The fourth-order valence-corrected chi connectivity index (χ4v) is 1.63. The van der Waals surface area contributed by atoms with Gasteiger partial charge in [0.05, 0.1) is 17.3 Å². The first kappa shape index (κ1) is 12.3. The van der Waals surface area contributed by atoms with Crippen LogP contribution in [0, 0.1) is 0 Å². The number of hydrogen-bond donors (Lipinski definition) is 1. The van der Waals surface area contributed by atoms with E-state index in [9.17, 15) is 14.7 Å². The Morgan fingerprint density at radius 3 is 2.72 bits per heavy atom. The maximum Gasteiger partial charge on any atom is 0.243 e. The Bertz CT molecular complexity index is 634. The predicted molar refractivity (Wildman–Crippen MR) is 65.1 cm³/mol. The van der Waals surface area contributed by atoms with E-state index in [2.05, 4.69) is 5.10 Å². The van der Waals surface area contributed by atoms with Crippen molar-refractivity contribution >= 4 is 23.3 Å². The van der Waals surface area contributed by atoms with Crippen molar-refractivity contribution in [3.05, 3.63) is 46.7 Å². The molecule has 1 heterocycles. The van der Waals surface area contributed by atoms with E-state index in [1.807, 2.05) is 0 Å². The van der Waals surface area contributed by atoms with Crippen LogP contribution in [-0.2, 0) is 0 Å². The highest BCUT2D eigenvalue weighted by Crippen LogP contribution is 2.24. The Labute approximate surface area is 108 Å². The van der Waals surface area contributed by atoms with Gasteiger partial charge in [-0.15, -0.1) is 0 Å². The van der Waals surface area contributed by atoms with Crippen molar-refractivity contribution in [2.45, 2.75) is 6.92 Å². The SMILES string of the molecule is CC(=O)n1cc(C(=O)c2cc(Cl)ccc2O)cn1. The molecule has 0 saturated heterocycles. The van der Waals surface area contributed by atoms with Crippen LogP contribution in [0.15, 0.2) is 30.6 Å². The van der Waals surface area contributed by atoms with Crippen LogP contribution in [0.3, 0.4) is 0 Å². The molecule has 1 aromatic heterocycles. The van der Waals surface area contributed by atoms with Crippen LogP contribution in [0.25, 0.3) is 0 Å². The standard InChI is InChI=1S/C12H9ClN2O3/c1-7(16)15-6-8(5-14-15)12(18)10-4-9(13)2-3-11(10)17/h2-6,17H,1H3. The Morgan fingerprint density at radius 2 is 2.11 bits per heavy atom. The van der Waals surface area contributed by atoms with Gasteiger partial charge in [-0.1, -0.05) is 11.6 Å². The molecule has 2 aromatic rings. The van der Waals surface area contributed by atoms with Crippen molar-refractivity contribution in [1.29, 1.82) is 0 Å². The van der Waals surface area contributed by atoms with Crippen LogP contribution >= 0.6 is 11.6 Å². The lowest BCUT2D eigenvalue weighted by Crippen LogP contribution is -2.06. The predicted octanol–water partition coefficient (Wildman–Crippen LogP) is 2.13. The maximum atomic E-state index is 12.1. The second-order valence-corrected chi connectivity index (χ2v) is 4.12. The van der Waals surface area contributed by atoms with Gasteiger partial charge in [-0.3, -0.25) is 9.59 Å². The number of rotatable bonds is 2. The van der Waals surface area contributed by atoms with Gasteiger partial charge in [-0.2, -0.15) is 5.10 Å². The summed E-state index contributed by atoms with van der Waals surface area (Å²) in [6, 6.07) is 4.18. The highest BCUT2D eigenvalue weighted by atomic mass is 35.5. The van der Waals surface area contributed by atoms with Gasteiger partial charge in [0.15, 0.2) is 5.78 Å². The van der Waals surface area contributed by atoms with Crippen LogP contribution in [0.4, 0.5) is 0 Å². The number of aromatic hydroxyl groups is 1. The normalized spacial score (nSPS) is 10.3. The summed E-state index contributed by atoms with van der Waals surface area (Å²) in [5.74, 6) is -0.910. The number of hydrogen-bond acceptors (Lipinski definition) is 4. The summed E-state index contributed by atoms with van der Waals surface area (Å²) in [5.41, 5.74) is 0.286. The highest BCUT2D eigenvalue weighted by molar-refractivity contribution is 6.31. The summed E-state index contributed by atoms with van der Waals surface area (Å²) in [4.78, 5) is 23.1. The van der Waals surface area contributed by atoms with Gasteiger partial charge in [0.2, 0.25) is 5.91 Å². The molecule has 0 aliphatic heterocycles. The Morgan fingerprint density at radius 1 is 1.39 bits per heavy atom. The molecule has 92 valence electrons. The van der Waals surface area contributed by atoms with Gasteiger partial charge in [0.1, 0.15) is 5.75 Å². The van der Waals surface area contributed by atoms with Gasteiger partial charge in [-0.25, -0.2) is 4.68 Å². The Kier molecular flexibility index (Phi) is 3.16. The van der Waals surface area contributed by atoms with E-state index in [1.54, 1.807) is 0 Å². The van der Waals surface area contributed by atoms with Crippen LogP contribution in [-0.4, -0.2) is 26.6 Å². The zero-order valence-electron chi connectivity index (χ0n) is 9.42. The first-order valence-corrected chi connectivity index (χ1v) is 5.45. The second kappa shape index (κ2) is 4.62. The van der Waals surface area contributed by atoms with Crippen molar-refractivity contribution in [3.8, 4) is 5.75 Å². The Balaban J connectivity index is 2.41. The minimum atomic E-state index is -0.442. The summed E-state index contributed by atoms with van der Waals surface area (Å²) >= 11 is 5.77. The first-order chi connectivity index (χ1) is 8.49. The lowest BCUT2D eigenvalue weighted by atomic mass is 10.1. The number of halogens is 1. The summed E-state index contributed by atoms with van der Waals surface area (Å²) in [5, 5.41) is 13.7. The number of phenols is 1. The van der Waals surface area contributed by atoms with Gasteiger partial charge in [-0.05, 0) is 18.2 Å². The third-order valence-corrected chi connectivity index (χ3v) is 2.61. The third kappa shape index (κ3) is 2.26. The topological polar surface area (TPSA) is 72.2 Å². The first-order valence-electron chi connectivity index (χ1n) is 5.08. The number of ketones is 1. The van der Waals surface area contributed by atoms with E-state index >= 15 is 0 Å². The monoisotopic (exact) mass is 264 g/mol. The molecule has 5 nitrogen and oxygen atoms in total. The fraction of sp³-hybridized carbons (Fsp3) is 0.0833. The maximum absolute atomic E-state index is 12.1. The highest BCUT2D eigenvalue weighted by Gasteiger charge is 2.16. The summed E-state index contributed by atoms with van der Waals surface area (Å²) in [6.07, 6.45) is 2.58. The average molecular weight is 265 g/mol. The zero-order chi connectivity index (χ0) is 13.3. The van der Waals surface area contributed by atoms with E-state index < -0.39 is 5.78 Å². The largest absolute Gasteiger partial charge is 0.507 e. The Hall–Kier alpha value is -2.14. The van der Waals surface area contributed by atoms with E-state index in [-0.39, 0.29) is 22.8 Å². The molecule has 18 heavy (non-hydrogen) atoms. The second-order valence-electron chi connectivity index (χ2n) is 3.68. The van der Waals surface area contributed by atoms with E-state index in [1.165, 1.54) is 37.5 Å². The molecular weight excluding hydrogens is 256 g/mol. The van der Waals surface area contributed by atoms with E-state index in [4.69, 9.17) is 11.6 Å². The summed E-state index contributed by atoms with van der Waals surface area (Å²) in [6.45, 7) is 1.33. The number of carbonyl (C=O) groups excluding carboxylic acids is 2. The molecule has 0 aliphatic rings. The molecule has 0 unspecified atom stereocenters. The average Bonchev–Trinajstić information content (AvgIpc) is 2.81.